The first-order valence-corrected chi connectivity index (χ1v) is 5.49. The van der Waals surface area contributed by atoms with E-state index in [2.05, 4.69) is 19.2 Å². The van der Waals surface area contributed by atoms with Gasteiger partial charge in [0.05, 0.1) is 0 Å². The van der Waals surface area contributed by atoms with Gasteiger partial charge in [-0.1, -0.05) is 26.0 Å². The molecule has 1 atom stereocenters. The molecule has 1 unspecified atom stereocenters. The highest BCUT2D eigenvalue weighted by Crippen LogP contribution is 2.25. The van der Waals surface area contributed by atoms with E-state index in [0.29, 0.717) is 0 Å². The van der Waals surface area contributed by atoms with Gasteiger partial charge < -0.3 is 5.32 Å². The summed E-state index contributed by atoms with van der Waals surface area (Å²) in [5.74, 6) is -0.143. The van der Waals surface area contributed by atoms with Crippen molar-refractivity contribution < 1.29 is 4.39 Å². The van der Waals surface area contributed by atoms with Crippen LogP contribution in [0.5, 0.6) is 0 Å². The lowest BCUT2D eigenvalue weighted by Crippen LogP contribution is -2.31. The van der Waals surface area contributed by atoms with E-state index in [1.165, 1.54) is 6.07 Å². The van der Waals surface area contributed by atoms with E-state index in [-0.39, 0.29) is 11.2 Å². The molecule has 0 heterocycles. The molecule has 0 amide bonds. The Balaban J connectivity index is 2.74. The molecule has 1 aromatic carbocycles. The normalized spacial score (nSPS) is 14.9. The van der Waals surface area contributed by atoms with E-state index in [1.807, 2.05) is 13.1 Å². The van der Waals surface area contributed by atoms with E-state index < -0.39 is 0 Å². The second-order valence-electron chi connectivity index (χ2n) is 4.50. The van der Waals surface area contributed by atoms with Crippen molar-refractivity contribution in [2.24, 2.45) is 5.41 Å². The van der Waals surface area contributed by atoms with Crippen molar-refractivity contribution in [3.63, 3.8) is 0 Å². The summed E-state index contributed by atoms with van der Waals surface area (Å²) in [4.78, 5) is 0. The highest BCUT2D eigenvalue weighted by atomic mass is 19.1. The highest BCUT2D eigenvalue weighted by molar-refractivity contribution is 5.17. The number of hydrogen-bond donors (Lipinski definition) is 1. The van der Waals surface area contributed by atoms with Crippen LogP contribution in [0.15, 0.2) is 24.3 Å². The summed E-state index contributed by atoms with van der Waals surface area (Å²) in [6.07, 6.45) is 2.01. The Labute approximate surface area is 91.7 Å². The molecule has 0 spiro atoms. The quantitative estimate of drug-likeness (QED) is 0.786. The number of hydrogen-bond acceptors (Lipinski definition) is 1. The fourth-order valence-corrected chi connectivity index (χ4v) is 1.88. The van der Waals surface area contributed by atoms with Crippen molar-refractivity contribution in [3.05, 3.63) is 35.6 Å². The lowest BCUT2D eigenvalue weighted by atomic mass is 9.81. The SMILES string of the molecule is CCC(C)(CNC)Cc1cccc(F)c1. The van der Waals surface area contributed by atoms with Crippen molar-refractivity contribution >= 4 is 0 Å². The van der Waals surface area contributed by atoms with Crippen LogP contribution in [0.3, 0.4) is 0 Å². The average molecular weight is 209 g/mol. The van der Waals surface area contributed by atoms with Gasteiger partial charge in [-0.15, -0.1) is 0 Å². The molecule has 1 nitrogen and oxygen atoms in total. The molecule has 0 aliphatic carbocycles. The van der Waals surface area contributed by atoms with E-state index in [1.54, 1.807) is 12.1 Å². The minimum atomic E-state index is -0.143. The van der Waals surface area contributed by atoms with Crippen molar-refractivity contribution in [2.45, 2.75) is 26.7 Å². The van der Waals surface area contributed by atoms with Gasteiger partial charge in [-0.3, -0.25) is 0 Å². The number of halogens is 1. The zero-order chi connectivity index (χ0) is 11.3. The van der Waals surface area contributed by atoms with Gasteiger partial charge in [0.1, 0.15) is 5.82 Å². The molecule has 0 saturated carbocycles. The minimum Gasteiger partial charge on any atom is -0.319 e. The second-order valence-corrected chi connectivity index (χ2v) is 4.50. The number of benzene rings is 1. The lowest BCUT2D eigenvalue weighted by molar-refractivity contribution is 0.298. The summed E-state index contributed by atoms with van der Waals surface area (Å²) < 4.78 is 13.0. The molecule has 1 rings (SSSR count). The van der Waals surface area contributed by atoms with Gasteiger partial charge in [-0.2, -0.15) is 0 Å². The zero-order valence-electron chi connectivity index (χ0n) is 9.81. The Morgan fingerprint density at radius 3 is 2.67 bits per heavy atom. The number of nitrogens with one attached hydrogen (secondary N) is 1. The van der Waals surface area contributed by atoms with Gasteiger partial charge in [-0.25, -0.2) is 4.39 Å². The van der Waals surface area contributed by atoms with E-state index >= 15 is 0 Å². The third-order valence-corrected chi connectivity index (χ3v) is 2.98. The Bertz CT molecular complexity index is 311. The Kier molecular flexibility index (Phi) is 4.28. The molecule has 15 heavy (non-hydrogen) atoms. The topological polar surface area (TPSA) is 12.0 Å². The third kappa shape index (κ3) is 3.63. The molecule has 0 radical (unpaired) electrons. The van der Waals surface area contributed by atoms with Crippen LogP contribution in [-0.2, 0) is 6.42 Å². The van der Waals surface area contributed by atoms with Crippen molar-refractivity contribution in [2.75, 3.05) is 13.6 Å². The summed E-state index contributed by atoms with van der Waals surface area (Å²) in [5, 5.41) is 3.20. The highest BCUT2D eigenvalue weighted by Gasteiger charge is 2.21. The molecule has 2 heteroatoms. The van der Waals surface area contributed by atoms with Crippen LogP contribution in [0.1, 0.15) is 25.8 Å². The second kappa shape index (κ2) is 5.26. The largest absolute Gasteiger partial charge is 0.319 e. The fourth-order valence-electron chi connectivity index (χ4n) is 1.88. The van der Waals surface area contributed by atoms with Crippen LogP contribution in [0.2, 0.25) is 0 Å². The van der Waals surface area contributed by atoms with Crippen molar-refractivity contribution in [1.29, 1.82) is 0 Å². The molecule has 0 aromatic heterocycles. The van der Waals surface area contributed by atoms with Gasteiger partial charge in [0.25, 0.3) is 0 Å². The van der Waals surface area contributed by atoms with Gasteiger partial charge in [0.15, 0.2) is 0 Å². The van der Waals surface area contributed by atoms with Crippen LogP contribution in [-0.4, -0.2) is 13.6 Å². The molecule has 0 aliphatic rings. The van der Waals surface area contributed by atoms with E-state index in [4.69, 9.17) is 0 Å². The van der Waals surface area contributed by atoms with Crippen molar-refractivity contribution in [1.82, 2.24) is 5.32 Å². The van der Waals surface area contributed by atoms with Crippen molar-refractivity contribution in [3.8, 4) is 0 Å². The van der Waals surface area contributed by atoms with E-state index in [9.17, 15) is 4.39 Å². The molecular weight excluding hydrogens is 189 g/mol. The Morgan fingerprint density at radius 1 is 1.40 bits per heavy atom. The van der Waals surface area contributed by atoms with Gasteiger partial charge in [0, 0.05) is 6.54 Å². The molecule has 0 saturated heterocycles. The van der Waals surface area contributed by atoms with Crippen LogP contribution in [0.4, 0.5) is 4.39 Å². The van der Waals surface area contributed by atoms with Gasteiger partial charge in [-0.05, 0) is 43.0 Å². The van der Waals surface area contributed by atoms with Gasteiger partial charge >= 0.3 is 0 Å². The molecule has 84 valence electrons. The standard InChI is InChI=1S/C13H20FN/c1-4-13(2,10-15-3)9-11-6-5-7-12(14)8-11/h5-8,15H,4,9-10H2,1-3H3. The average Bonchev–Trinajstić information content (AvgIpc) is 2.18. The Morgan fingerprint density at radius 2 is 2.13 bits per heavy atom. The molecule has 1 N–H and O–H groups in total. The minimum absolute atomic E-state index is 0.143. The maximum atomic E-state index is 13.0. The molecule has 0 bridgehead atoms. The maximum absolute atomic E-state index is 13.0. The van der Waals surface area contributed by atoms with Crippen LogP contribution in [0, 0.1) is 11.2 Å². The van der Waals surface area contributed by atoms with Crippen LogP contribution < -0.4 is 5.32 Å². The first-order valence-electron chi connectivity index (χ1n) is 5.49. The summed E-state index contributed by atoms with van der Waals surface area (Å²) in [7, 11) is 1.96. The fraction of sp³-hybridized carbons (Fsp3) is 0.538. The Hall–Kier alpha value is -0.890. The van der Waals surface area contributed by atoms with Crippen LogP contribution in [0.25, 0.3) is 0 Å². The third-order valence-electron chi connectivity index (χ3n) is 2.98. The first kappa shape index (κ1) is 12.2. The predicted molar refractivity (Wildman–Crippen MR) is 62.4 cm³/mol. The summed E-state index contributed by atoms with van der Waals surface area (Å²) >= 11 is 0. The smallest absolute Gasteiger partial charge is 0.123 e. The molecular formula is C13H20FN. The first-order chi connectivity index (χ1) is 7.09. The maximum Gasteiger partial charge on any atom is 0.123 e. The van der Waals surface area contributed by atoms with Crippen LogP contribution >= 0.6 is 0 Å². The van der Waals surface area contributed by atoms with Gasteiger partial charge in [0.2, 0.25) is 0 Å². The number of rotatable bonds is 5. The zero-order valence-corrected chi connectivity index (χ0v) is 9.81. The molecule has 0 aliphatic heterocycles. The summed E-state index contributed by atoms with van der Waals surface area (Å²) in [6, 6.07) is 6.89. The lowest BCUT2D eigenvalue weighted by Gasteiger charge is -2.28. The molecule has 0 fully saturated rings. The monoisotopic (exact) mass is 209 g/mol. The van der Waals surface area contributed by atoms with E-state index in [0.717, 1.165) is 24.9 Å². The molecule has 1 aromatic rings. The summed E-state index contributed by atoms with van der Waals surface area (Å²) in [5.41, 5.74) is 1.29. The summed E-state index contributed by atoms with van der Waals surface area (Å²) in [6.45, 7) is 5.37. The predicted octanol–water partition coefficient (Wildman–Crippen LogP) is 3.00.